The van der Waals surface area contributed by atoms with Crippen LogP contribution in [0.25, 0.3) is 6.08 Å². The van der Waals surface area contributed by atoms with Gasteiger partial charge in [-0.25, -0.2) is 0 Å². The number of hydrogen-bond donors (Lipinski definition) is 1. The topological polar surface area (TPSA) is 98.9 Å². The largest absolute Gasteiger partial charge is 0.508 e. The van der Waals surface area contributed by atoms with Crippen molar-refractivity contribution in [3.8, 4) is 17.2 Å². The van der Waals surface area contributed by atoms with E-state index in [0.29, 0.717) is 22.6 Å². The molecule has 0 saturated carbocycles. The molecule has 0 aromatic heterocycles. The van der Waals surface area contributed by atoms with E-state index >= 15 is 0 Å². The maximum Gasteiger partial charge on any atom is 0.272 e. The van der Waals surface area contributed by atoms with Crippen molar-refractivity contribution in [2.75, 3.05) is 7.11 Å². The van der Waals surface area contributed by atoms with E-state index in [1.165, 1.54) is 24.3 Å². The molecule has 158 valence electrons. The second-order valence-corrected chi connectivity index (χ2v) is 6.81. The molecule has 3 rings (SSSR count). The summed E-state index contributed by atoms with van der Waals surface area (Å²) in [5, 5.41) is 20.5. The lowest BCUT2D eigenvalue weighted by atomic mass is 10.1. The molecule has 0 spiro atoms. The third-order valence-corrected chi connectivity index (χ3v) is 4.62. The summed E-state index contributed by atoms with van der Waals surface area (Å²) in [4.78, 5) is 22.8. The number of methoxy groups -OCH3 is 1. The van der Waals surface area contributed by atoms with E-state index in [0.717, 1.165) is 11.1 Å². The molecule has 7 heteroatoms. The molecule has 0 aliphatic rings. The molecule has 0 radical (unpaired) electrons. The van der Waals surface area contributed by atoms with Crippen LogP contribution >= 0.6 is 0 Å². The Morgan fingerprint density at radius 2 is 1.94 bits per heavy atom. The summed E-state index contributed by atoms with van der Waals surface area (Å²) >= 11 is 0. The Morgan fingerprint density at radius 1 is 1.13 bits per heavy atom. The van der Waals surface area contributed by atoms with Crippen molar-refractivity contribution < 1.29 is 24.3 Å². The van der Waals surface area contributed by atoms with Crippen molar-refractivity contribution in [3.05, 3.63) is 99.1 Å². The number of ketones is 1. The number of allylic oxidation sites excluding steroid dienone is 1. The van der Waals surface area contributed by atoms with E-state index in [9.17, 15) is 20.0 Å². The Kier molecular flexibility index (Phi) is 6.67. The molecule has 7 nitrogen and oxygen atoms in total. The second kappa shape index (κ2) is 9.58. The minimum Gasteiger partial charge on any atom is -0.508 e. The number of rotatable bonds is 8. The van der Waals surface area contributed by atoms with Crippen LogP contribution in [0.15, 0.2) is 66.7 Å². The number of carbonyl (C=O) groups is 1. The predicted octanol–water partition coefficient (Wildman–Crippen LogP) is 5.09. The van der Waals surface area contributed by atoms with Crippen LogP contribution in [0, 0.1) is 17.0 Å². The number of phenols is 1. The molecule has 0 atom stereocenters. The number of carbonyl (C=O) groups excluding carboxylic acids is 1. The van der Waals surface area contributed by atoms with Gasteiger partial charge >= 0.3 is 0 Å². The third-order valence-electron chi connectivity index (χ3n) is 4.62. The quantitative estimate of drug-likeness (QED) is 0.236. The number of nitrogens with zero attached hydrogens (tertiary/aromatic N) is 1. The molecule has 0 unspecified atom stereocenters. The highest BCUT2D eigenvalue weighted by molar-refractivity contribution is 6.07. The summed E-state index contributed by atoms with van der Waals surface area (Å²) in [7, 11) is 1.55. The number of aromatic hydroxyl groups is 1. The Labute approximate surface area is 179 Å². The van der Waals surface area contributed by atoms with Gasteiger partial charge in [0.05, 0.1) is 12.0 Å². The summed E-state index contributed by atoms with van der Waals surface area (Å²) in [6.07, 6.45) is 3.10. The van der Waals surface area contributed by atoms with Crippen LogP contribution in [0.2, 0.25) is 0 Å². The van der Waals surface area contributed by atoms with E-state index in [4.69, 9.17) is 9.47 Å². The molecule has 31 heavy (non-hydrogen) atoms. The van der Waals surface area contributed by atoms with Crippen LogP contribution in [-0.2, 0) is 6.61 Å². The van der Waals surface area contributed by atoms with Gasteiger partial charge in [-0.3, -0.25) is 14.9 Å². The van der Waals surface area contributed by atoms with Gasteiger partial charge in [0.1, 0.15) is 23.9 Å². The van der Waals surface area contributed by atoms with Crippen molar-refractivity contribution in [2.45, 2.75) is 13.5 Å². The van der Waals surface area contributed by atoms with E-state index in [1.807, 2.05) is 12.1 Å². The molecule has 0 amide bonds. The molecule has 3 aromatic carbocycles. The number of benzene rings is 3. The maximum absolute atomic E-state index is 12.3. The van der Waals surface area contributed by atoms with Crippen LogP contribution in [0.5, 0.6) is 17.2 Å². The molecule has 0 fully saturated rings. The fraction of sp³-hybridized carbons (Fsp3) is 0.125. The second-order valence-electron chi connectivity index (χ2n) is 6.81. The van der Waals surface area contributed by atoms with Crippen molar-refractivity contribution in [2.24, 2.45) is 0 Å². The number of nitro groups is 1. The van der Waals surface area contributed by atoms with Gasteiger partial charge in [-0.05, 0) is 55.0 Å². The van der Waals surface area contributed by atoms with Gasteiger partial charge in [0, 0.05) is 22.8 Å². The number of aryl methyl sites for hydroxylation is 1. The van der Waals surface area contributed by atoms with Gasteiger partial charge in [-0.1, -0.05) is 24.3 Å². The lowest BCUT2D eigenvalue weighted by Crippen LogP contribution is -2.00. The average Bonchev–Trinajstić information content (AvgIpc) is 2.75. The van der Waals surface area contributed by atoms with Gasteiger partial charge in [-0.15, -0.1) is 0 Å². The van der Waals surface area contributed by atoms with Gasteiger partial charge < -0.3 is 14.6 Å². The number of ether oxygens (including phenoxy) is 2. The fourth-order valence-electron chi connectivity index (χ4n) is 3.03. The number of phenolic OH excluding ortho intramolecular Hbond substituents is 1. The lowest BCUT2D eigenvalue weighted by Gasteiger charge is -2.12. The molecule has 0 aliphatic heterocycles. The highest BCUT2D eigenvalue weighted by atomic mass is 16.6. The van der Waals surface area contributed by atoms with Gasteiger partial charge in [-0.2, -0.15) is 0 Å². The normalized spacial score (nSPS) is 10.8. The van der Waals surface area contributed by atoms with Gasteiger partial charge in [0.2, 0.25) is 0 Å². The van der Waals surface area contributed by atoms with Crippen LogP contribution in [0.4, 0.5) is 5.69 Å². The van der Waals surface area contributed by atoms with Crippen molar-refractivity contribution >= 4 is 17.5 Å². The third kappa shape index (κ3) is 5.48. The highest BCUT2D eigenvalue weighted by Crippen LogP contribution is 2.26. The Balaban J connectivity index is 1.75. The molecular weight excluding hydrogens is 398 g/mol. The monoisotopic (exact) mass is 419 g/mol. The first-order chi connectivity index (χ1) is 14.9. The molecule has 0 aliphatic carbocycles. The van der Waals surface area contributed by atoms with Gasteiger partial charge in [0.15, 0.2) is 5.78 Å². The zero-order chi connectivity index (χ0) is 22.4. The highest BCUT2D eigenvalue weighted by Gasteiger charge is 2.12. The zero-order valence-corrected chi connectivity index (χ0v) is 17.1. The molecule has 1 N–H and O–H groups in total. The number of hydrogen-bond acceptors (Lipinski definition) is 6. The Bertz CT molecular complexity index is 1150. The first kappa shape index (κ1) is 21.6. The SMILES string of the molecule is COc1ccc(/C=C/C(=O)c2cccc(O)c2)cc1COc1ccc([N+](=O)[O-])c(C)c1. The smallest absolute Gasteiger partial charge is 0.272 e. The van der Waals surface area contributed by atoms with Crippen LogP contribution in [0.3, 0.4) is 0 Å². The van der Waals surface area contributed by atoms with Crippen molar-refractivity contribution in [1.82, 2.24) is 0 Å². The summed E-state index contributed by atoms with van der Waals surface area (Å²) in [6, 6.07) is 16.2. The molecule has 3 aromatic rings. The molecule has 0 bridgehead atoms. The number of nitro benzene ring substituents is 1. The van der Waals surface area contributed by atoms with Crippen molar-refractivity contribution in [1.29, 1.82) is 0 Å². The van der Waals surface area contributed by atoms with E-state index in [-0.39, 0.29) is 23.8 Å². The first-order valence-corrected chi connectivity index (χ1v) is 9.43. The summed E-state index contributed by atoms with van der Waals surface area (Å²) < 4.78 is 11.2. The van der Waals surface area contributed by atoms with Crippen LogP contribution in [0.1, 0.15) is 27.0 Å². The van der Waals surface area contributed by atoms with Crippen molar-refractivity contribution in [3.63, 3.8) is 0 Å². The Morgan fingerprint density at radius 3 is 2.61 bits per heavy atom. The van der Waals surface area contributed by atoms with Gasteiger partial charge in [0.25, 0.3) is 5.69 Å². The molecule has 0 saturated heterocycles. The van der Waals surface area contributed by atoms with Crippen LogP contribution < -0.4 is 9.47 Å². The zero-order valence-electron chi connectivity index (χ0n) is 17.1. The maximum atomic E-state index is 12.3. The standard InChI is InChI=1S/C24H21NO6/c1-16-12-21(8-9-22(16)25(28)29)31-15-19-13-17(7-11-24(19)30-2)6-10-23(27)18-4-3-5-20(26)14-18/h3-14,26H,15H2,1-2H3/b10-6+. The fourth-order valence-corrected chi connectivity index (χ4v) is 3.03. The van der Waals surface area contributed by atoms with E-state index < -0.39 is 4.92 Å². The van der Waals surface area contributed by atoms with Crippen LogP contribution in [-0.4, -0.2) is 22.9 Å². The lowest BCUT2D eigenvalue weighted by molar-refractivity contribution is -0.385. The predicted molar refractivity (Wildman–Crippen MR) is 117 cm³/mol. The van der Waals surface area contributed by atoms with E-state index in [2.05, 4.69) is 0 Å². The molecule has 0 heterocycles. The average molecular weight is 419 g/mol. The molecular formula is C24H21NO6. The minimum atomic E-state index is -0.434. The summed E-state index contributed by atoms with van der Waals surface area (Å²) in [5.74, 6) is 0.927. The van der Waals surface area contributed by atoms with E-state index in [1.54, 1.807) is 50.4 Å². The minimum absolute atomic E-state index is 0.0320. The Hall–Kier alpha value is -4.13. The first-order valence-electron chi connectivity index (χ1n) is 9.43. The summed E-state index contributed by atoms with van der Waals surface area (Å²) in [6.45, 7) is 1.84. The summed E-state index contributed by atoms with van der Waals surface area (Å²) in [5.41, 5.74) is 2.46.